The van der Waals surface area contributed by atoms with Gasteiger partial charge in [-0.3, -0.25) is 0 Å². The van der Waals surface area contributed by atoms with Crippen molar-refractivity contribution in [3.05, 3.63) is 0 Å². The molecule has 1 fully saturated rings. The molecule has 1 heterocycles. The molecule has 0 aromatic heterocycles. The predicted octanol–water partition coefficient (Wildman–Crippen LogP) is 3.52. The summed E-state index contributed by atoms with van der Waals surface area (Å²) in [7, 11) is 0. The van der Waals surface area contributed by atoms with E-state index in [1.165, 1.54) is 38.9 Å². The van der Waals surface area contributed by atoms with Gasteiger partial charge in [-0.1, -0.05) is 41.0 Å². The van der Waals surface area contributed by atoms with Crippen molar-refractivity contribution in [2.75, 3.05) is 26.2 Å². The zero-order valence-electron chi connectivity index (χ0n) is 13.5. The molecule has 1 aliphatic rings. The van der Waals surface area contributed by atoms with Crippen molar-refractivity contribution in [3.63, 3.8) is 0 Å². The fourth-order valence-electron chi connectivity index (χ4n) is 2.90. The van der Waals surface area contributed by atoms with E-state index < -0.39 is 0 Å². The molecule has 18 heavy (non-hydrogen) atoms. The molecule has 0 spiro atoms. The maximum atomic E-state index is 3.58. The van der Waals surface area contributed by atoms with Crippen molar-refractivity contribution in [3.8, 4) is 0 Å². The van der Waals surface area contributed by atoms with Crippen molar-refractivity contribution in [1.82, 2.24) is 10.2 Å². The average molecular weight is 254 g/mol. The van der Waals surface area contributed by atoms with Crippen LogP contribution in [-0.4, -0.2) is 37.1 Å². The van der Waals surface area contributed by atoms with E-state index in [1.54, 1.807) is 0 Å². The highest BCUT2D eigenvalue weighted by molar-refractivity contribution is 4.87. The first kappa shape index (κ1) is 16.0. The minimum atomic E-state index is 0.357. The third kappa shape index (κ3) is 4.24. The standard InChI is InChI=1S/C16H34N2/c1-7-16(6)9-11-18(12-10-16)13-15(4,5)14(3)17-8-2/h14,17H,7-13H2,1-6H3. The van der Waals surface area contributed by atoms with Crippen LogP contribution in [0.3, 0.4) is 0 Å². The van der Waals surface area contributed by atoms with Gasteiger partial charge < -0.3 is 10.2 Å². The Hall–Kier alpha value is -0.0800. The summed E-state index contributed by atoms with van der Waals surface area (Å²) < 4.78 is 0. The lowest BCUT2D eigenvalue weighted by Crippen LogP contribution is -2.49. The first-order chi connectivity index (χ1) is 8.33. The summed E-state index contributed by atoms with van der Waals surface area (Å²) in [5, 5.41) is 3.58. The van der Waals surface area contributed by atoms with Crippen LogP contribution >= 0.6 is 0 Å². The second kappa shape index (κ2) is 6.38. The highest BCUT2D eigenvalue weighted by Gasteiger charge is 2.32. The van der Waals surface area contributed by atoms with E-state index in [1.807, 2.05) is 0 Å². The van der Waals surface area contributed by atoms with Crippen molar-refractivity contribution in [2.24, 2.45) is 10.8 Å². The fourth-order valence-corrected chi connectivity index (χ4v) is 2.90. The molecule has 1 rings (SSSR count). The molecule has 0 aliphatic carbocycles. The fraction of sp³-hybridized carbons (Fsp3) is 1.00. The van der Waals surface area contributed by atoms with Gasteiger partial charge >= 0.3 is 0 Å². The van der Waals surface area contributed by atoms with Crippen LogP contribution in [-0.2, 0) is 0 Å². The number of rotatable bonds is 6. The highest BCUT2D eigenvalue weighted by atomic mass is 15.1. The van der Waals surface area contributed by atoms with Gasteiger partial charge in [0.1, 0.15) is 0 Å². The highest BCUT2D eigenvalue weighted by Crippen LogP contribution is 2.35. The third-order valence-electron chi connectivity index (χ3n) is 5.23. The average Bonchev–Trinajstić information content (AvgIpc) is 2.32. The Morgan fingerprint density at radius 2 is 1.78 bits per heavy atom. The molecule has 0 radical (unpaired) electrons. The summed E-state index contributed by atoms with van der Waals surface area (Å²) in [6.07, 6.45) is 4.07. The summed E-state index contributed by atoms with van der Waals surface area (Å²) >= 11 is 0. The van der Waals surface area contributed by atoms with Gasteiger partial charge in [0.2, 0.25) is 0 Å². The summed E-state index contributed by atoms with van der Waals surface area (Å²) in [6.45, 7) is 19.0. The SMILES string of the molecule is CCNC(C)C(C)(C)CN1CCC(C)(CC)CC1. The van der Waals surface area contributed by atoms with Crippen LogP contribution in [0.4, 0.5) is 0 Å². The van der Waals surface area contributed by atoms with Gasteiger partial charge in [-0.15, -0.1) is 0 Å². The van der Waals surface area contributed by atoms with Gasteiger partial charge in [-0.25, -0.2) is 0 Å². The van der Waals surface area contributed by atoms with Gasteiger partial charge in [-0.05, 0) is 50.2 Å². The van der Waals surface area contributed by atoms with Crippen LogP contribution < -0.4 is 5.32 Å². The molecule has 2 nitrogen and oxygen atoms in total. The van der Waals surface area contributed by atoms with Gasteiger partial charge in [-0.2, -0.15) is 0 Å². The monoisotopic (exact) mass is 254 g/mol. The quantitative estimate of drug-likeness (QED) is 0.780. The summed E-state index contributed by atoms with van der Waals surface area (Å²) in [5.74, 6) is 0. The number of piperidine rings is 1. The number of hydrogen-bond acceptors (Lipinski definition) is 2. The Labute approximate surface area is 115 Å². The van der Waals surface area contributed by atoms with Crippen LogP contribution in [0.5, 0.6) is 0 Å². The third-order valence-corrected chi connectivity index (χ3v) is 5.23. The second-order valence-electron chi connectivity index (χ2n) is 7.21. The first-order valence-electron chi connectivity index (χ1n) is 7.79. The first-order valence-corrected chi connectivity index (χ1v) is 7.79. The minimum absolute atomic E-state index is 0.357. The molecule has 0 aromatic carbocycles. The molecule has 0 bridgehead atoms. The molecule has 1 unspecified atom stereocenters. The summed E-state index contributed by atoms with van der Waals surface area (Å²) in [6, 6.07) is 0.585. The molecule has 0 saturated carbocycles. The van der Waals surface area contributed by atoms with Gasteiger partial charge in [0.05, 0.1) is 0 Å². The smallest absolute Gasteiger partial charge is 0.0102 e. The topological polar surface area (TPSA) is 15.3 Å². The van der Waals surface area contributed by atoms with E-state index in [-0.39, 0.29) is 0 Å². The molecule has 1 saturated heterocycles. The Balaban J connectivity index is 2.44. The molecule has 0 aromatic rings. The van der Waals surface area contributed by atoms with Crippen LogP contribution in [0.25, 0.3) is 0 Å². The number of likely N-dealkylation sites (tertiary alicyclic amines) is 1. The lowest BCUT2D eigenvalue weighted by atomic mass is 9.77. The minimum Gasteiger partial charge on any atom is -0.314 e. The lowest BCUT2D eigenvalue weighted by molar-refractivity contribution is 0.0713. The molecule has 108 valence electrons. The maximum absolute atomic E-state index is 3.58. The van der Waals surface area contributed by atoms with Crippen molar-refractivity contribution in [2.45, 2.75) is 66.8 Å². The van der Waals surface area contributed by atoms with E-state index in [9.17, 15) is 0 Å². The van der Waals surface area contributed by atoms with E-state index in [2.05, 4.69) is 51.8 Å². The molecule has 1 N–H and O–H groups in total. The van der Waals surface area contributed by atoms with Crippen LogP contribution in [0.2, 0.25) is 0 Å². The molecular formula is C16H34N2. The van der Waals surface area contributed by atoms with Crippen molar-refractivity contribution >= 4 is 0 Å². The van der Waals surface area contributed by atoms with Crippen LogP contribution in [0.1, 0.15) is 60.8 Å². The van der Waals surface area contributed by atoms with Crippen molar-refractivity contribution < 1.29 is 0 Å². The number of nitrogens with one attached hydrogen (secondary N) is 1. The molecule has 1 aliphatic heterocycles. The van der Waals surface area contributed by atoms with Gasteiger partial charge in [0.25, 0.3) is 0 Å². The Morgan fingerprint density at radius 3 is 2.22 bits per heavy atom. The normalized spacial score (nSPS) is 23.0. The largest absolute Gasteiger partial charge is 0.314 e. The van der Waals surface area contributed by atoms with E-state index in [0.29, 0.717) is 16.9 Å². The predicted molar refractivity (Wildman–Crippen MR) is 81.0 cm³/mol. The Bertz CT molecular complexity index is 239. The van der Waals surface area contributed by atoms with Crippen LogP contribution in [0, 0.1) is 10.8 Å². The van der Waals surface area contributed by atoms with E-state index >= 15 is 0 Å². The molecule has 1 atom stereocenters. The maximum Gasteiger partial charge on any atom is 0.0102 e. The zero-order chi connectivity index (χ0) is 13.8. The van der Waals surface area contributed by atoms with Crippen LogP contribution in [0.15, 0.2) is 0 Å². The Kier molecular flexibility index (Phi) is 5.67. The number of hydrogen-bond donors (Lipinski definition) is 1. The lowest BCUT2D eigenvalue weighted by Gasteiger charge is -2.43. The summed E-state index contributed by atoms with van der Waals surface area (Å²) in [4.78, 5) is 2.67. The molecule has 2 heteroatoms. The van der Waals surface area contributed by atoms with Gasteiger partial charge in [0.15, 0.2) is 0 Å². The zero-order valence-corrected chi connectivity index (χ0v) is 13.5. The van der Waals surface area contributed by atoms with E-state index in [0.717, 1.165) is 6.54 Å². The second-order valence-corrected chi connectivity index (χ2v) is 7.21. The van der Waals surface area contributed by atoms with Gasteiger partial charge in [0, 0.05) is 12.6 Å². The number of nitrogens with zero attached hydrogens (tertiary/aromatic N) is 1. The molecular weight excluding hydrogens is 220 g/mol. The Morgan fingerprint density at radius 1 is 1.22 bits per heavy atom. The summed E-state index contributed by atoms with van der Waals surface area (Å²) in [5.41, 5.74) is 0.962. The van der Waals surface area contributed by atoms with Crippen molar-refractivity contribution in [1.29, 1.82) is 0 Å². The molecule has 0 amide bonds. The van der Waals surface area contributed by atoms with E-state index in [4.69, 9.17) is 0 Å².